The molecule has 1 aromatic heterocycles. The summed E-state index contributed by atoms with van der Waals surface area (Å²) in [5, 5.41) is 12.5. The number of rotatable bonds is 6. The molecule has 0 spiro atoms. The molecule has 0 saturated carbocycles. The zero-order valence-corrected chi connectivity index (χ0v) is 23.3. The SMILES string of the molecule is N=C(/C=C1\NC(c2ccccc2)=Cc2ccc(-c3nc(-c4ccccc4)nc(-c4ccccc4)n3)cc21)c1ccccc1. The minimum absolute atomic E-state index is 0.423. The summed E-state index contributed by atoms with van der Waals surface area (Å²) >= 11 is 0. The second-order valence-corrected chi connectivity index (χ2v) is 10.2. The molecule has 204 valence electrons. The standard InChI is InChI=1S/C38H27N5/c39-33(26-13-5-1-6-14-26)25-35-32-23-31(22-21-30(32)24-34(40-35)27-15-7-2-8-16-27)38-42-36(28-17-9-3-10-18-28)41-37(43-38)29-19-11-4-12-20-29/h1-25,39-40H/b35-25-,39-33?. The van der Waals surface area contributed by atoms with Gasteiger partial charge in [-0.3, -0.25) is 0 Å². The zero-order chi connectivity index (χ0) is 29.0. The highest BCUT2D eigenvalue weighted by molar-refractivity contribution is 6.12. The van der Waals surface area contributed by atoms with Crippen molar-refractivity contribution in [1.82, 2.24) is 20.3 Å². The molecule has 43 heavy (non-hydrogen) atoms. The lowest BCUT2D eigenvalue weighted by Gasteiger charge is -2.23. The average Bonchev–Trinajstić information content (AvgIpc) is 3.09. The molecule has 0 amide bonds. The van der Waals surface area contributed by atoms with Crippen molar-refractivity contribution in [3.05, 3.63) is 168 Å². The summed E-state index contributed by atoms with van der Waals surface area (Å²) in [6, 6.07) is 46.2. The molecule has 0 saturated heterocycles. The third-order valence-corrected chi connectivity index (χ3v) is 7.33. The normalized spacial score (nSPS) is 13.1. The third kappa shape index (κ3) is 5.52. The quantitative estimate of drug-likeness (QED) is 0.203. The van der Waals surface area contributed by atoms with Crippen LogP contribution >= 0.6 is 0 Å². The van der Waals surface area contributed by atoms with E-state index >= 15 is 0 Å². The van der Waals surface area contributed by atoms with Crippen molar-refractivity contribution in [3.63, 3.8) is 0 Å². The van der Waals surface area contributed by atoms with Crippen molar-refractivity contribution in [1.29, 1.82) is 5.41 Å². The molecule has 5 nitrogen and oxygen atoms in total. The van der Waals surface area contributed by atoms with E-state index < -0.39 is 0 Å². The van der Waals surface area contributed by atoms with Gasteiger partial charge in [0.05, 0.1) is 5.71 Å². The van der Waals surface area contributed by atoms with Gasteiger partial charge in [-0.1, -0.05) is 133 Å². The van der Waals surface area contributed by atoms with Crippen LogP contribution in [0, 0.1) is 5.41 Å². The Labute approximate surface area is 250 Å². The maximum Gasteiger partial charge on any atom is 0.164 e. The first kappa shape index (κ1) is 26.0. The Morgan fingerprint density at radius 2 is 1.02 bits per heavy atom. The van der Waals surface area contributed by atoms with Crippen LogP contribution in [-0.2, 0) is 0 Å². The smallest absolute Gasteiger partial charge is 0.164 e. The van der Waals surface area contributed by atoms with Gasteiger partial charge in [0.25, 0.3) is 0 Å². The number of nitrogens with zero attached hydrogens (tertiary/aromatic N) is 3. The zero-order valence-electron chi connectivity index (χ0n) is 23.3. The molecule has 0 atom stereocenters. The van der Waals surface area contributed by atoms with Gasteiger partial charge in [-0.2, -0.15) is 0 Å². The van der Waals surface area contributed by atoms with E-state index in [4.69, 9.17) is 20.4 Å². The minimum atomic E-state index is 0.423. The Bertz CT molecular complexity index is 1920. The highest BCUT2D eigenvalue weighted by Gasteiger charge is 2.19. The van der Waals surface area contributed by atoms with Crippen molar-refractivity contribution in [2.75, 3.05) is 0 Å². The molecular formula is C38H27N5. The largest absolute Gasteiger partial charge is 0.354 e. The van der Waals surface area contributed by atoms with Gasteiger partial charge < -0.3 is 10.7 Å². The lowest BCUT2D eigenvalue weighted by Crippen LogP contribution is -2.17. The minimum Gasteiger partial charge on any atom is -0.354 e. The molecule has 0 radical (unpaired) electrons. The molecule has 0 unspecified atom stereocenters. The molecule has 1 aliphatic heterocycles. The molecule has 0 aliphatic carbocycles. The third-order valence-electron chi connectivity index (χ3n) is 7.33. The molecule has 0 bridgehead atoms. The Morgan fingerprint density at radius 3 is 1.58 bits per heavy atom. The van der Waals surface area contributed by atoms with Crippen LogP contribution in [0.15, 0.2) is 146 Å². The summed E-state index contributed by atoms with van der Waals surface area (Å²) in [6.45, 7) is 0. The molecule has 7 rings (SSSR count). The van der Waals surface area contributed by atoms with Gasteiger partial charge in [0, 0.05) is 33.6 Å². The predicted octanol–water partition coefficient (Wildman–Crippen LogP) is 8.38. The lowest BCUT2D eigenvalue weighted by atomic mass is 9.93. The number of hydrogen-bond acceptors (Lipinski definition) is 5. The number of allylic oxidation sites excluding steroid dienone is 1. The fraction of sp³-hybridized carbons (Fsp3) is 0. The van der Waals surface area contributed by atoms with E-state index in [-0.39, 0.29) is 0 Å². The maximum atomic E-state index is 8.87. The van der Waals surface area contributed by atoms with Crippen molar-refractivity contribution >= 4 is 23.2 Å². The van der Waals surface area contributed by atoms with Crippen LogP contribution in [0.5, 0.6) is 0 Å². The molecule has 5 aromatic carbocycles. The highest BCUT2D eigenvalue weighted by atomic mass is 15.0. The Balaban J connectivity index is 1.38. The van der Waals surface area contributed by atoms with Crippen molar-refractivity contribution in [3.8, 4) is 34.2 Å². The van der Waals surface area contributed by atoms with Crippen LogP contribution in [0.4, 0.5) is 0 Å². The number of hydrogen-bond donors (Lipinski definition) is 2. The van der Waals surface area contributed by atoms with Gasteiger partial charge in [-0.05, 0) is 34.9 Å². The van der Waals surface area contributed by atoms with E-state index in [9.17, 15) is 0 Å². The lowest BCUT2D eigenvalue weighted by molar-refractivity contribution is 1.07. The second-order valence-electron chi connectivity index (χ2n) is 10.2. The van der Waals surface area contributed by atoms with Crippen LogP contribution in [0.25, 0.3) is 51.6 Å². The topological polar surface area (TPSA) is 74.6 Å². The van der Waals surface area contributed by atoms with Gasteiger partial charge in [0.15, 0.2) is 17.5 Å². The van der Waals surface area contributed by atoms with Crippen molar-refractivity contribution < 1.29 is 0 Å². The number of nitrogens with one attached hydrogen (secondary N) is 2. The number of aromatic nitrogens is 3. The van der Waals surface area contributed by atoms with Crippen molar-refractivity contribution in [2.45, 2.75) is 0 Å². The Hall–Kier alpha value is -5.94. The number of benzene rings is 5. The summed E-state index contributed by atoms with van der Waals surface area (Å²) in [6.07, 6.45) is 4.04. The predicted molar refractivity (Wildman–Crippen MR) is 175 cm³/mol. The van der Waals surface area contributed by atoms with Crippen LogP contribution < -0.4 is 5.32 Å². The van der Waals surface area contributed by atoms with E-state index in [1.54, 1.807) is 0 Å². The van der Waals surface area contributed by atoms with E-state index in [1.807, 2.05) is 115 Å². The first-order valence-corrected chi connectivity index (χ1v) is 14.1. The van der Waals surface area contributed by atoms with E-state index in [1.165, 1.54) is 0 Å². The monoisotopic (exact) mass is 553 g/mol. The van der Waals surface area contributed by atoms with Gasteiger partial charge in [-0.25, -0.2) is 15.0 Å². The summed E-state index contributed by atoms with van der Waals surface area (Å²) in [7, 11) is 0. The molecule has 1 aliphatic rings. The molecule has 0 fully saturated rings. The Morgan fingerprint density at radius 1 is 0.535 bits per heavy atom. The van der Waals surface area contributed by atoms with Crippen LogP contribution in [0.3, 0.4) is 0 Å². The fourth-order valence-electron chi connectivity index (χ4n) is 5.13. The summed E-state index contributed by atoms with van der Waals surface area (Å²) in [5.41, 5.74) is 8.91. The summed E-state index contributed by atoms with van der Waals surface area (Å²) in [5.74, 6) is 1.83. The van der Waals surface area contributed by atoms with E-state index in [0.29, 0.717) is 23.2 Å². The summed E-state index contributed by atoms with van der Waals surface area (Å²) < 4.78 is 0. The molecule has 6 aromatic rings. The van der Waals surface area contributed by atoms with E-state index in [2.05, 4.69) is 41.7 Å². The number of fused-ring (bicyclic) bond motifs is 1. The van der Waals surface area contributed by atoms with Crippen molar-refractivity contribution in [2.24, 2.45) is 0 Å². The molecule has 5 heteroatoms. The molecule has 2 N–H and O–H groups in total. The summed E-state index contributed by atoms with van der Waals surface area (Å²) in [4.78, 5) is 14.7. The maximum absolute atomic E-state index is 8.87. The highest BCUT2D eigenvalue weighted by Crippen LogP contribution is 2.33. The van der Waals surface area contributed by atoms with Gasteiger partial charge in [0.2, 0.25) is 0 Å². The van der Waals surface area contributed by atoms with Gasteiger partial charge in [-0.15, -0.1) is 0 Å². The van der Waals surface area contributed by atoms with Crippen LogP contribution in [0.2, 0.25) is 0 Å². The van der Waals surface area contributed by atoms with Gasteiger partial charge >= 0.3 is 0 Å². The first-order valence-electron chi connectivity index (χ1n) is 14.1. The average molecular weight is 554 g/mol. The van der Waals surface area contributed by atoms with Crippen LogP contribution in [-0.4, -0.2) is 20.7 Å². The fourth-order valence-corrected chi connectivity index (χ4v) is 5.13. The molecular weight excluding hydrogens is 526 g/mol. The van der Waals surface area contributed by atoms with E-state index in [0.717, 1.165) is 50.3 Å². The first-order chi connectivity index (χ1) is 21.2. The van der Waals surface area contributed by atoms with Crippen LogP contribution in [0.1, 0.15) is 22.3 Å². The van der Waals surface area contributed by atoms with Gasteiger partial charge in [0.1, 0.15) is 0 Å². The Kier molecular flexibility index (Phi) is 6.96. The second kappa shape index (κ2) is 11.5. The molecule has 2 heterocycles.